The van der Waals surface area contributed by atoms with E-state index in [1.54, 1.807) is 0 Å². The number of ether oxygens (including phenoxy) is 3. The zero-order valence-corrected chi connectivity index (χ0v) is 13.1. The van der Waals surface area contributed by atoms with Gasteiger partial charge in [0.2, 0.25) is 0 Å². The van der Waals surface area contributed by atoms with Gasteiger partial charge in [-0.2, -0.15) is 0 Å². The van der Waals surface area contributed by atoms with Crippen LogP contribution in [0.15, 0.2) is 0 Å². The van der Waals surface area contributed by atoms with Gasteiger partial charge in [0.05, 0.1) is 20.3 Å². The number of methoxy groups -OCH3 is 1. The van der Waals surface area contributed by atoms with Gasteiger partial charge in [0, 0.05) is 19.3 Å². The fraction of sp³-hybridized carbons (Fsp3) is 0.933. The number of esters is 1. The van der Waals surface area contributed by atoms with Crippen molar-refractivity contribution >= 4 is 5.97 Å². The summed E-state index contributed by atoms with van der Waals surface area (Å²) in [6.07, 6.45) is 5.12. The molecule has 1 unspecified atom stereocenters. The molecule has 1 rings (SSSR count). The molecule has 0 bridgehead atoms. The summed E-state index contributed by atoms with van der Waals surface area (Å²) in [4.78, 5) is 11.9. The molecule has 0 radical (unpaired) electrons. The largest absolute Gasteiger partial charge is 0.468 e. The van der Waals surface area contributed by atoms with Crippen molar-refractivity contribution in [2.75, 3.05) is 33.5 Å². The number of nitrogens with one attached hydrogen (secondary N) is 1. The molecule has 1 N–H and O–H groups in total. The Kier molecular flexibility index (Phi) is 8.11. The first kappa shape index (κ1) is 17.4. The van der Waals surface area contributed by atoms with E-state index in [1.165, 1.54) is 7.11 Å². The molecule has 1 aliphatic carbocycles. The Morgan fingerprint density at radius 1 is 1.20 bits per heavy atom. The smallest absolute Gasteiger partial charge is 0.325 e. The maximum absolute atomic E-state index is 11.9. The second-order valence-electron chi connectivity index (χ2n) is 5.57. The van der Waals surface area contributed by atoms with Crippen LogP contribution in [0.1, 0.15) is 46.0 Å². The summed E-state index contributed by atoms with van der Waals surface area (Å²) in [5.74, 6) is -0.216. The van der Waals surface area contributed by atoms with Crippen LogP contribution in [0.4, 0.5) is 0 Å². The monoisotopic (exact) mass is 287 g/mol. The molecule has 0 aromatic carbocycles. The predicted molar refractivity (Wildman–Crippen MR) is 77.7 cm³/mol. The highest BCUT2D eigenvalue weighted by atomic mass is 16.5. The lowest BCUT2D eigenvalue weighted by atomic mass is 9.98. The summed E-state index contributed by atoms with van der Waals surface area (Å²) in [5, 5.41) is 3.35. The molecule has 0 aromatic rings. The van der Waals surface area contributed by atoms with Gasteiger partial charge in [0.15, 0.2) is 0 Å². The first-order valence-electron chi connectivity index (χ1n) is 7.64. The molecule has 1 aliphatic rings. The van der Waals surface area contributed by atoms with Crippen molar-refractivity contribution in [1.82, 2.24) is 5.32 Å². The molecular formula is C15H29NO4. The average molecular weight is 287 g/mol. The summed E-state index contributed by atoms with van der Waals surface area (Å²) < 4.78 is 15.8. The second kappa shape index (κ2) is 9.32. The predicted octanol–water partition coefficient (Wildman–Crippen LogP) is 1.89. The van der Waals surface area contributed by atoms with Crippen molar-refractivity contribution in [3.63, 3.8) is 0 Å². The molecule has 0 heterocycles. The minimum atomic E-state index is -0.640. The molecular weight excluding hydrogens is 258 g/mol. The van der Waals surface area contributed by atoms with Gasteiger partial charge in [0.1, 0.15) is 5.54 Å². The van der Waals surface area contributed by atoms with Crippen LogP contribution in [0.3, 0.4) is 0 Å². The SMILES string of the molecule is CCCCOCCOCCC(C)(NC1CC1)C(=O)OC. The second-order valence-corrected chi connectivity index (χ2v) is 5.57. The quantitative estimate of drug-likeness (QED) is 0.439. The lowest BCUT2D eigenvalue weighted by molar-refractivity contribution is -0.149. The van der Waals surface area contributed by atoms with Gasteiger partial charge < -0.3 is 14.2 Å². The van der Waals surface area contributed by atoms with Crippen molar-refractivity contribution in [3.8, 4) is 0 Å². The van der Waals surface area contributed by atoms with Gasteiger partial charge in [-0.25, -0.2) is 0 Å². The van der Waals surface area contributed by atoms with E-state index in [2.05, 4.69) is 12.2 Å². The van der Waals surface area contributed by atoms with E-state index < -0.39 is 5.54 Å². The van der Waals surface area contributed by atoms with Crippen LogP contribution in [0, 0.1) is 0 Å². The Balaban J connectivity index is 2.13. The Labute approximate surface area is 122 Å². The van der Waals surface area contributed by atoms with Crippen molar-refractivity contribution < 1.29 is 19.0 Å². The van der Waals surface area contributed by atoms with E-state index in [9.17, 15) is 4.79 Å². The lowest BCUT2D eigenvalue weighted by Gasteiger charge is -2.28. The Hall–Kier alpha value is -0.650. The van der Waals surface area contributed by atoms with Gasteiger partial charge in [-0.15, -0.1) is 0 Å². The van der Waals surface area contributed by atoms with Crippen molar-refractivity contribution in [1.29, 1.82) is 0 Å². The summed E-state index contributed by atoms with van der Waals surface area (Å²) in [7, 11) is 1.43. The van der Waals surface area contributed by atoms with Crippen LogP contribution in [0.25, 0.3) is 0 Å². The molecule has 0 spiro atoms. The van der Waals surface area contributed by atoms with Gasteiger partial charge in [0.25, 0.3) is 0 Å². The van der Waals surface area contributed by atoms with E-state index in [4.69, 9.17) is 14.2 Å². The van der Waals surface area contributed by atoms with Crippen molar-refractivity contribution in [3.05, 3.63) is 0 Å². The van der Waals surface area contributed by atoms with Crippen LogP contribution in [-0.4, -0.2) is 51.1 Å². The lowest BCUT2D eigenvalue weighted by Crippen LogP contribution is -2.52. The number of rotatable bonds is 12. The van der Waals surface area contributed by atoms with E-state index in [0.29, 0.717) is 32.3 Å². The topological polar surface area (TPSA) is 56.8 Å². The normalized spacial score (nSPS) is 17.8. The number of carbonyl (C=O) groups excluding carboxylic acids is 1. The molecule has 0 aliphatic heterocycles. The van der Waals surface area contributed by atoms with Gasteiger partial charge >= 0.3 is 5.97 Å². The first-order valence-corrected chi connectivity index (χ1v) is 7.64. The van der Waals surface area contributed by atoms with Gasteiger partial charge in [-0.1, -0.05) is 13.3 Å². The molecule has 5 heteroatoms. The minimum Gasteiger partial charge on any atom is -0.468 e. The number of hydrogen-bond donors (Lipinski definition) is 1. The summed E-state index contributed by atoms with van der Waals surface area (Å²) in [6, 6.07) is 0.455. The highest BCUT2D eigenvalue weighted by Crippen LogP contribution is 2.24. The molecule has 5 nitrogen and oxygen atoms in total. The van der Waals surface area contributed by atoms with Crippen molar-refractivity contribution in [2.45, 2.75) is 57.5 Å². The van der Waals surface area contributed by atoms with E-state index in [-0.39, 0.29) is 5.97 Å². The molecule has 1 fully saturated rings. The fourth-order valence-electron chi connectivity index (χ4n) is 1.98. The Morgan fingerprint density at radius 3 is 2.40 bits per heavy atom. The Morgan fingerprint density at radius 2 is 1.85 bits per heavy atom. The van der Waals surface area contributed by atoms with Crippen LogP contribution in [0.2, 0.25) is 0 Å². The molecule has 1 atom stereocenters. The average Bonchev–Trinajstić information content (AvgIpc) is 3.24. The fourth-order valence-corrected chi connectivity index (χ4v) is 1.98. The molecule has 1 saturated carbocycles. The number of carbonyl (C=O) groups is 1. The van der Waals surface area contributed by atoms with Crippen LogP contribution < -0.4 is 5.32 Å². The number of unbranched alkanes of at least 4 members (excludes halogenated alkanes) is 1. The molecule has 118 valence electrons. The van der Waals surface area contributed by atoms with Crippen LogP contribution >= 0.6 is 0 Å². The Bertz CT molecular complexity index is 281. The highest BCUT2D eigenvalue weighted by Gasteiger charge is 2.38. The minimum absolute atomic E-state index is 0.216. The summed E-state index contributed by atoms with van der Waals surface area (Å²) in [6.45, 7) is 6.54. The van der Waals surface area contributed by atoms with Crippen LogP contribution in [0.5, 0.6) is 0 Å². The van der Waals surface area contributed by atoms with Crippen LogP contribution in [-0.2, 0) is 19.0 Å². The molecule has 0 aromatic heterocycles. The molecule has 20 heavy (non-hydrogen) atoms. The first-order chi connectivity index (χ1) is 9.62. The third kappa shape index (κ3) is 6.68. The maximum atomic E-state index is 11.9. The molecule has 0 amide bonds. The molecule has 0 saturated heterocycles. The van der Waals surface area contributed by atoms with Gasteiger partial charge in [-0.3, -0.25) is 10.1 Å². The zero-order chi connectivity index (χ0) is 14.8. The van der Waals surface area contributed by atoms with E-state index in [1.807, 2.05) is 6.92 Å². The third-order valence-electron chi connectivity index (χ3n) is 3.50. The van der Waals surface area contributed by atoms with Gasteiger partial charge in [-0.05, 0) is 32.6 Å². The summed E-state index contributed by atoms with van der Waals surface area (Å²) >= 11 is 0. The number of hydrogen-bond acceptors (Lipinski definition) is 5. The maximum Gasteiger partial charge on any atom is 0.325 e. The van der Waals surface area contributed by atoms with E-state index in [0.717, 1.165) is 32.3 Å². The van der Waals surface area contributed by atoms with E-state index >= 15 is 0 Å². The standard InChI is InChI=1S/C15H29NO4/c1-4-5-9-19-11-12-20-10-8-15(2,14(17)18-3)16-13-6-7-13/h13,16H,4-12H2,1-3H3. The van der Waals surface area contributed by atoms with Crippen molar-refractivity contribution in [2.24, 2.45) is 0 Å². The summed E-state index contributed by atoms with van der Waals surface area (Å²) in [5.41, 5.74) is -0.640. The highest BCUT2D eigenvalue weighted by molar-refractivity contribution is 5.80. The zero-order valence-electron chi connectivity index (χ0n) is 13.1. The third-order valence-corrected chi connectivity index (χ3v) is 3.50.